The van der Waals surface area contributed by atoms with Gasteiger partial charge >= 0.3 is 0 Å². The number of aryl methyl sites for hydroxylation is 1. The van der Waals surface area contributed by atoms with E-state index in [-0.39, 0.29) is 5.91 Å². The molecule has 1 amide bonds. The molecule has 0 saturated carbocycles. The second-order valence-electron chi connectivity index (χ2n) is 7.35. The maximum absolute atomic E-state index is 11.9. The van der Waals surface area contributed by atoms with Gasteiger partial charge in [-0.25, -0.2) is 4.98 Å². The zero-order valence-corrected chi connectivity index (χ0v) is 17.8. The number of benzene rings is 2. The molecule has 158 valence electrons. The van der Waals surface area contributed by atoms with E-state index in [1.165, 1.54) is 5.56 Å². The summed E-state index contributed by atoms with van der Waals surface area (Å²) in [6, 6.07) is 16.2. The highest BCUT2D eigenvalue weighted by Crippen LogP contribution is 2.20. The van der Waals surface area contributed by atoms with Gasteiger partial charge in [0.2, 0.25) is 5.91 Å². The van der Waals surface area contributed by atoms with Crippen molar-refractivity contribution < 1.29 is 9.53 Å². The van der Waals surface area contributed by atoms with Crippen molar-refractivity contribution in [3.8, 4) is 5.75 Å². The number of fused-ring (bicyclic) bond motifs is 1. The predicted molar refractivity (Wildman–Crippen MR) is 122 cm³/mol. The molecule has 0 fully saturated rings. The first-order valence-corrected chi connectivity index (χ1v) is 10.8. The van der Waals surface area contributed by atoms with E-state index in [1.54, 1.807) is 0 Å². The number of imidazole rings is 1. The summed E-state index contributed by atoms with van der Waals surface area (Å²) < 4.78 is 8.22. The van der Waals surface area contributed by atoms with Gasteiger partial charge in [-0.1, -0.05) is 43.3 Å². The van der Waals surface area contributed by atoms with Gasteiger partial charge in [-0.05, 0) is 49.4 Å². The summed E-state index contributed by atoms with van der Waals surface area (Å²) in [4.78, 5) is 16.6. The highest BCUT2D eigenvalue weighted by molar-refractivity contribution is 5.77. The number of ether oxygens (including phenoxy) is 1. The van der Waals surface area contributed by atoms with Gasteiger partial charge in [-0.3, -0.25) is 4.79 Å². The first-order chi connectivity index (χ1) is 14.7. The minimum atomic E-state index is 0.0719. The second-order valence-corrected chi connectivity index (χ2v) is 7.35. The Hall–Kier alpha value is -3.08. The topological polar surface area (TPSA) is 56.1 Å². The largest absolute Gasteiger partial charge is 0.493 e. The predicted octanol–water partition coefficient (Wildman–Crippen LogP) is 5.04. The monoisotopic (exact) mass is 405 g/mol. The van der Waals surface area contributed by atoms with Crippen LogP contribution in [0.2, 0.25) is 0 Å². The van der Waals surface area contributed by atoms with Gasteiger partial charge in [0.15, 0.2) is 0 Å². The molecule has 2 aromatic carbocycles. The maximum atomic E-state index is 11.9. The SMILES string of the molecule is C=CCc1ccccc1OCCCCn1c(CNC(=O)CCC)nc2ccccc21. The van der Waals surface area contributed by atoms with Gasteiger partial charge in [-0.15, -0.1) is 6.58 Å². The third kappa shape index (κ3) is 5.72. The van der Waals surface area contributed by atoms with Crippen molar-refractivity contribution in [2.45, 2.75) is 52.1 Å². The van der Waals surface area contributed by atoms with Crippen molar-refractivity contribution >= 4 is 16.9 Å². The van der Waals surface area contributed by atoms with E-state index in [4.69, 9.17) is 9.72 Å². The molecule has 3 rings (SSSR count). The molecule has 30 heavy (non-hydrogen) atoms. The Kier molecular flexibility index (Phi) is 8.07. The third-order valence-corrected chi connectivity index (χ3v) is 5.02. The van der Waals surface area contributed by atoms with Gasteiger partial charge in [-0.2, -0.15) is 0 Å². The van der Waals surface area contributed by atoms with Crippen LogP contribution < -0.4 is 10.1 Å². The molecular formula is C25H31N3O2. The fourth-order valence-electron chi connectivity index (χ4n) is 3.53. The smallest absolute Gasteiger partial charge is 0.220 e. The van der Waals surface area contributed by atoms with E-state index in [0.29, 0.717) is 19.6 Å². The molecule has 0 spiro atoms. The van der Waals surface area contributed by atoms with Crippen molar-refractivity contribution in [1.29, 1.82) is 0 Å². The highest BCUT2D eigenvalue weighted by Gasteiger charge is 2.11. The maximum Gasteiger partial charge on any atom is 0.220 e. The Balaban J connectivity index is 1.58. The Morgan fingerprint density at radius 2 is 1.97 bits per heavy atom. The fourth-order valence-corrected chi connectivity index (χ4v) is 3.53. The summed E-state index contributed by atoms with van der Waals surface area (Å²) in [5.41, 5.74) is 3.24. The minimum Gasteiger partial charge on any atom is -0.493 e. The zero-order valence-electron chi connectivity index (χ0n) is 17.8. The third-order valence-electron chi connectivity index (χ3n) is 5.02. The molecule has 1 N–H and O–H groups in total. The van der Waals surface area contributed by atoms with Crippen molar-refractivity contribution in [1.82, 2.24) is 14.9 Å². The van der Waals surface area contributed by atoms with E-state index in [0.717, 1.165) is 54.8 Å². The zero-order chi connectivity index (χ0) is 21.2. The van der Waals surface area contributed by atoms with Gasteiger partial charge in [0.25, 0.3) is 0 Å². The minimum absolute atomic E-state index is 0.0719. The molecule has 0 saturated heterocycles. The highest BCUT2D eigenvalue weighted by atomic mass is 16.5. The van der Waals surface area contributed by atoms with Crippen LogP contribution in [-0.2, 0) is 24.3 Å². The molecule has 0 bridgehead atoms. The van der Waals surface area contributed by atoms with Crippen molar-refractivity contribution in [3.05, 3.63) is 72.6 Å². The molecular weight excluding hydrogens is 374 g/mol. The van der Waals surface area contributed by atoms with Crippen LogP contribution in [0.1, 0.15) is 44.0 Å². The molecule has 0 radical (unpaired) electrons. The summed E-state index contributed by atoms with van der Waals surface area (Å²) in [5, 5.41) is 2.99. The van der Waals surface area contributed by atoms with Crippen LogP contribution in [0.15, 0.2) is 61.2 Å². The summed E-state index contributed by atoms with van der Waals surface area (Å²) in [7, 11) is 0. The van der Waals surface area contributed by atoms with E-state index >= 15 is 0 Å². The number of allylic oxidation sites excluding steroid dienone is 1. The number of unbranched alkanes of at least 4 members (excludes halogenated alkanes) is 1. The Labute approximate surface area is 178 Å². The molecule has 0 aliphatic heterocycles. The lowest BCUT2D eigenvalue weighted by molar-refractivity contribution is -0.121. The number of rotatable bonds is 12. The standard InChI is InChI=1S/C25H31N3O2/c1-3-11-20-13-5-8-16-23(20)30-18-10-9-17-28-22-15-7-6-14-21(22)27-24(28)19-26-25(29)12-4-2/h3,5-8,13-16H,1,4,9-12,17-19H2,2H3,(H,26,29). The summed E-state index contributed by atoms with van der Waals surface area (Å²) >= 11 is 0. The number of para-hydroxylation sites is 3. The van der Waals surface area contributed by atoms with Gasteiger partial charge in [0, 0.05) is 13.0 Å². The lowest BCUT2D eigenvalue weighted by Gasteiger charge is -2.12. The molecule has 5 heteroatoms. The van der Waals surface area contributed by atoms with E-state index in [1.807, 2.05) is 49.4 Å². The summed E-state index contributed by atoms with van der Waals surface area (Å²) in [6.45, 7) is 7.79. The number of amides is 1. The number of nitrogens with one attached hydrogen (secondary N) is 1. The molecule has 0 aliphatic rings. The molecule has 0 unspecified atom stereocenters. The first-order valence-electron chi connectivity index (χ1n) is 10.8. The lowest BCUT2D eigenvalue weighted by atomic mass is 10.1. The first kappa shape index (κ1) is 21.6. The van der Waals surface area contributed by atoms with Crippen LogP contribution in [0, 0.1) is 0 Å². The van der Waals surface area contributed by atoms with Gasteiger partial charge < -0.3 is 14.6 Å². The van der Waals surface area contributed by atoms with E-state index < -0.39 is 0 Å². The van der Waals surface area contributed by atoms with Crippen LogP contribution in [-0.4, -0.2) is 22.1 Å². The second kappa shape index (κ2) is 11.2. The molecule has 5 nitrogen and oxygen atoms in total. The Bertz CT molecular complexity index is 977. The Morgan fingerprint density at radius 3 is 2.80 bits per heavy atom. The number of carbonyl (C=O) groups is 1. The van der Waals surface area contributed by atoms with Crippen LogP contribution in [0.5, 0.6) is 5.75 Å². The number of hydrogen-bond donors (Lipinski definition) is 1. The van der Waals surface area contributed by atoms with Crippen molar-refractivity contribution in [2.24, 2.45) is 0 Å². The lowest BCUT2D eigenvalue weighted by Crippen LogP contribution is -2.24. The van der Waals surface area contributed by atoms with Gasteiger partial charge in [0.1, 0.15) is 11.6 Å². The molecule has 3 aromatic rings. The van der Waals surface area contributed by atoms with Crippen LogP contribution in [0.4, 0.5) is 0 Å². The molecule has 1 heterocycles. The van der Waals surface area contributed by atoms with E-state index in [9.17, 15) is 4.79 Å². The Morgan fingerprint density at radius 1 is 1.17 bits per heavy atom. The summed E-state index contributed by atoms with van der Waals surface area (Å²) in [5.74, 6) is 1.91. The fraction of sp³-hybridized carbons (Fsp3) is 0.360. The normalized spacial score (nSPS) is 10.8. The van der Waals surface area contributed by atoms with Crippen LogP contribution in [0.3, 0.4) is 0 Å². The quantitative estimate of drug-likeness (QED) is 0.339. The number of nitrogens with zero attached hydrogens (tertiary/aromatic N) is 2. The molecule has 1 aromatic heterocycles. The number of hydrogen-bond acceptors (Lipinski definition) is 3. The molecule has 0 aliphatic carbocycles. The number of carbonyl (C=O) groups excluding carboxylic acids is 1. The molecule has 0 atom stereocenters. The van der Waals surface area contributed by atoms with E-state index in [2.05, 4.69) is 28.6 Å². The van der Waals surface area contributed by atoms with Crippen molar-refractivity contribution in [2.75, 3.05) is 6.61 Å². The van der Waals surface area contributed by atoms with Crippen LogP contribution in [0.25, 0.3) is 11.0 Å². The average molecular weight is 406 g/mol. The van der Waals surface area contributed by atoms with Crippen molar-refractivity contribution in [3.63, 3.8) is 0 Å². The average Bonchev–Trinajstić information content (AvgIpc) is 3.11. The number of aromatic nitrogens is 2. The van der Waals surface area contributed by atoms with Crippen LogP contribution >= 0.6 is 0 Å². The summed E-state index contributed by atoms with van der Waals surface area (Å²) in [6.07, 6.45) is 6.01. The van der Waals surface area contributed by atoms with Gasteiger partial charge in [0.05, 0.1) is 24.2 Å².